The summed E-state index contributed by atoms with van der Waals surface area (Å²) in [6.45, 7) is 3.07. The van der Waals surface area contributed by atoms with Gasteiger partial charge in [-0.15, -0.1) is 0 Å². The Bertz CT molecular complexity index is 526. The molecule has 0 atom stereocenters. The van der Waals surface area contributed by atoms with Gasteiger partial charge in [0, 0.05) is 10.7 Å². The van der Waals surface area contributed by atoms with Crippen molar-refractivity contribution in [2.45, 2.75) is 13.8 Å². The van der Waals surface area contributed by atoms with Crippen LogP contribution < -0.4 is 5.32 Å². The SMILES string of the molecule is CC(O)=C(C#N)C(=O)Nc1ccc(Cl)cc1C. The van der Waals surface area contributed by atoms with Gasteiger partial charge in [-0.05, 0) is 37.6 Å². The third-order valence-corrected chi connectivity index (χ3v) is 2.37. The Balaban J connectivity index is 2.97. The quantitative estimate of drug-likeness (QED) is 0.481. The van der Waals surface area contributed by atoms with Gasteiger partial charge in [-0.2, -0.15) is 5.26 Å². The van der Waals surface area contributed by atoms with E-state index in [2.05, 4.69) is 5.32 Å². The number of allylic oxidation sites excluding steroid dienone is 1. The number of nitriles is 1. The predicted molar refractivity (Wildman–Crippen MR) is 65.8 cm³/mol. The van der Waals surface area contributed by atoms with Gasteiger partial charge in [0.05, 0.1) is 0 Å². The maximum atomic E-state index is 11.6. The van der Waals surface area contributed by atoms with Gasteiger partial charge in [-0.1, -0.05) is 11.6 Å². The molecule has 0 heterocycles. The molecule has 1 rings (SSSR count). The van der Waals surface area contributed by atoms with E-state index in [4.69, 9.17) is 22.0 Å². The van der Waals surface area contributed by atoms with E-state index in [-0.39, 0.29) is 11.3 Å². The van der Waals surface area contributed by atoms with E-state index >= 15 is 0 Å². The number of hydrogen-bond acceptors (Lipinski definition) is 3. The van der Waals surface area contributed by atoms with Crippen molar-refractivity contribution in [1.29, 1.82) is 5.26 Å². The summed E-state index contributed by atoms with van der Waals surface area (Å²) in [4.78, 5) is 11.6. The van der Waals surface area contributed by atoms with Crippen LogP contribution in [0, 0.1) is 18.3 Å². The molecule has 0 bridgehead atoms. The zero-order valence-corrected chi connectivity index (χ0v) is 10.2. The number of aryl methyl sites for hydroxylation is 1. The number of benzene rings is 1. The second kappa shape index (κ2) is 5.37. The van der Waals surface area contributed by atoms with Crippen LogP contribution in [0.2, 0.25) is 5.02 Å². The molecule has 0 aliphatic heterocycles. The first-order chi connectivity index (χ1) is 7.95. The van der Waals surface area contributed by atoms with Gasteiger partial charge >= 0.3 is 0 Å². The van der Waals surface area contributed by atoms with Crippen molar-refractivity contribution in [2.75, 3.05) is 5.32 Å². The van der Waals surface area contributed by atoms with Crippen molar-refractivity contribution in [1.82, 2.24) is 0 Å². The lowest BCUT2D eigenvalue weighted by atomic mass is 10.2. The number of nitrogens with one attached hydrogen (secondary N) is 1. The molecule has 0 spiro atoms. The summed E-state index contributed by atoms with van der Waals surface area (Å²) in [5, 5.41) is 21.0. The van der Waals surface area contributed by atoms with Gasteiger partial charge in [-0.25, -0.2) is 0 Å². The van der Waals surface area contributed by atoms with Crippen molar-refractivity contribution in [3.8, 4) is 6.07 Å². The number of halogens is 1. The monoisotopic (exact) mass is 250 g/mol. The Kier molecular flexibility index (Phi) is 4.13. The van der Waals surface area contributed by atoms with E-state index in [0.717, 1.165) is 5.56 Å². The predicted octanol–water partition coefficient (Wildman–Crippen LogP) is 2.94. The molecule has 88 valence electrons. The number of carbonyl (C=O) groups excluding carboxylic acids is 1. The molecule has 0 aliphatic carbocycles. The number of rotatable bonds is 2. The normalized spacial score (nSPS) is 11.4. The Morgan fingerprint density at radius 2 is 2.18 bits per heavy atom. The summed E-state index contributed by atoms with van der Waals surface area (Å²) in [7, 11) is 0. The molecule has 0 fully saturated rings. The minimum Gasteiger partial charge on any atom is -0.511 e. The van der Waals surface area contributed by atoms with Crippen LogP contribution in [0.3, 0.4) is 0 Å². The molecule has 5 heteroatoms. The number of nitrogens with zero attached hydrogens (tertiary/aromatic N) is 1. The average molecular weight is 251 g/mol. The molecule has 0 aliphatic rings. The minimum atomic E-state index is -0.641. The molecule has 17 heavy (non-hydrogen) atoms. The second-order valence-corrected chi connectivity index (χ2v) is 3.92. The number of anilines is 1. The Labute approximate surface area is 104 Å². The van der Waals surface area contributed by atoms with Gasteiger partial charge in [0.15, 0.2) is 5.57 Å². The smallest absolute Gasteiger partial charge is 0.269 e. The van der Waals surface area contributed by atoms with Crippen molar-refractivity contribution in [3.05, 3.63) is 40.1 Å². The second-order valence-electron chi connectivity index (χ2n) is 3.49. The molecule has 0 saturated carbocycles. The van der Waals surface area contributed by atoms with Crippen molar-refractivity contribution < 1.29 is 9.90 Å². The van der Waals surface area contributed by atoms with Crippen LogP contribution in [0.4, 0.5) is 5.69 Å². The molecule has 2 N–H and O–H groups in total. The zero-order valence-electron chi connectivity index (χ0n) is 9.41. The molecular weight excluding hydrogens is 240 g/mol. The van der Waals surface area contributed by atoms with Crippen LogP contribution >= 0.6 is 11.6 Å². The number of carbonyl (C=O) groups is 1. The molecule has 0 aromatic heterocycles. The van der Waals surface area contributed by atoms with Gasteiger partial charge < -0.3 is 10.4 Å². The summed E-state index contributed by atoms with van der Waals surface area (Å²) in [6, 6.07) is 6.60. The number of aliphatic hydroxyl groups is 1. The molecule has 4 nitrogen and oxygen atoms in total. The van der Waals surface area contributed by atoms with Crippen molar-refractivity contribution >= 4 is 23.2 Å². The maximum absolute atomic E-state index is 11.6. The largest absolute Gasteiger partial charge is 0.511 e. The van der Waals surface area contributed by atoms with E-state index < -0.39 is 5.91 Å². The van der Waals surface area contributed by atoms with Crippen LogP contribution in [-0.4, -0.2) is 11.0 Å². The highest BCUT2D eigenvalue weighted by Gasteiger charge is 2.13. The fourth-order valence-corrected chi connectivity index (χ4v) is 1.47. The fourth-order valence-electron chi connectivity index (χ4n) is 1.25. The molecule has 1 amide bonds. The molecule has 0 radical (unpaired) electrons. The van der Waals surface area contributed by atoms with Gasteiger partial charge in [-0.3, -0.25) is 4.79 Å². The average Bonchev–Trinajstić information content (AvgIpc) is 2.22. The molecule has 0 unspecified atom stereocenters. The lowest BCUT2D eigenvalue weighted by molar-refractivity contribution is -0.112. The van der Waals surface area contributed by atoms with E-state index in [0.29, 0.717) is 10.7 Å². The van der Waals surface area contributed by atoms with Crippen LogP contribution in [0.5, 0.6) is 0 Å². The third-order valence-electron chi connectivity index (χ3n) is 2.14. The van der Waals surface area contributed by atoms with Crippen LogP contribution in [0.25, 0.3) is 0 Å². The zero-order chi connectivity index (χ0) is 13.0. The van der Waals surface area contributed by atoms with Crippen molar-refractivity contribution in [3.63, 3.8) is 0 Å². The van der Waals surface area contributed by atoms with Crippen LogP contribution in [0.1, 0.15) is 12.5 Å². The summed E-state index contributed by atoms with van der Waals surface area (Å²) in [6.07, 6.45) is 0. The summed E-state index contributed by atoms with van der Waals surface area (Å²) in [5.41, 5.74) is 1.02. The lowest BCUT2D eigenvalue weighted by Gasteiger charge is -2.08. The molecular formula is C12H11ClN2O2. The van der Waals surface area contributed by atoms with E-state index in [1.807, 2.05) is 0 Å². The molecule has 1 aromatic rings. The van der Waals surface area contributed by atoms with Crippen molar-refractivity contribution in [2.24, 2.45) is 0 Å². The first-order valence-corrected chi connectivity index (χ1v) is 5.21. The van der Waals surface area contributed by atoms with E-state index in [1.54, 1.807) is 31.2 Å². The number of hydrogen-bond donors (Lipinski definition) is 2. The topological polar surface area (TPSA) is 73.1 Å². The van der Waals surface area contributed by atoms with Gasteiger partial charge in [0.1, 0.15) is 11.8 Å². The Hall–Kier alpha value is -1.99. The third kappa shape index (κ3) is 3.23. The summed E-state index contributed by atoms with van der Waals surface area (Å²) < 4.78 is 0. The van der Waals surface area contributed by atoms with Gasteiger partial charge in [0.25, 0.3) is 5.91 Å². The highest BCUT2D eigenvalue weighted by molar-refractivity contribution is 6.30. The summed E-state index contributed by atoms with van der Waals surface area (Å²) >= 11 is 5.78. The fraction of sp³-hybridized carbons (Fsp3) is 0.167. The van der Waals surface area contributed by atoms with E-state index in [1.165, 1.54) is 6.92 Å². The van der Waals surface area contributed by atoms with Gasteiger partial charge in [0.2, 0.25) is 0 Å². The first kappa shape index (κ1) is 13.1. The Morgan fingerprint density at radius 3 is 2.65 bits per heavy atom. The minimum absolute atomic E-state index is 0.306. The van der Waals surface area contributed by atoms with Crippen LogP contribution in [-0.2, 0) is 4.79 Å². The lowest BCUT2D eigenvalue weighted by Crippen LogP contribution is -2.15. The standard InChI is InChI=1S/C12H11ClN2O2/c1-7-5-9(13)3-4-11(7)15-12(17)10(6-14)8(2)16/h3-5,16H,1-2H3,(H,15,17). The molecule has 1 aromatic carbocycles. The highest BCUT2D eigenvalue weighted by atomic mass is 35.5. The number of amides is 1. The maximum Gasteiger partial charge on any atom is 0.269 e. The Morgan fingerprint density at radius 1 is 1.53 bits per heavy atom. The van der Waals surface area contributed by atoms with E-state index in [9.17, 15) is 4.79 Å². The highest BCUT2D eigenvalue weighted by Crippen LogP contribution is 2.20. The van der Waals surface area contributed by atoms with Crippen LogP contribution in [0.15, 0.2) is 29.5 Å². The number of aliphatic hydroxyl groups excluding tert-OH is 1. The summed E-state index contributed by atoms with van der Waals surface area (Å²) in [5.74, 6) is -0.950. The molecule has 0 saturated heterocycles. The first-order valence-electron chi connectivity index (χ1n) is 4.83.